The minimum Gasteiger partial charge on any atom is -0.318 e. The number of nitrogens with one attached hydrogen (secondary N) is 2. The number of carbonyl (C=O) groups excluding carboxylic acids is 2. The van der Waals surface area contributed by atoms with Gasteiger partial charge < -0.3 is 10.6 Å². The molecule has 0 heterocycles. The zero-order valence-corrected chi connectivity index (χ0v) is 11.7. The summed E-state index contributed by atoms with van der Waals surface area (Å²) in [5.41, 5.74) is 0.817. The predicted molar refractivity (Wildman–Crippen MR) is 80.2 cm³/mol. The highest BCUT2D eigenvalue weighted by Crippen LogP contribution is 2.25. The molecule has 102 valence electrons. The molecular weight excluding hydrogens is 299 g/mol. The topological polar surface area (TPSA) is 58.2 Å². The van der Waals surface area contributed by atoms with E-state index in [0.717, 1.165) is 0 Å². The monoisotopic (exact) mass is 308 g/mol. The van der Waals surface area contributed by atoms with Crippen molar-refractivity contribution >= 4 is 46.4 Å². The fourth-order valence-electron chi connectivity index (χ4n) is 1.48. The maximum atomic E-state index is 11.8. The van der Waals surface area contributed by atoms with Crippen molar-refractivity contribution in [2.75, 3.05) is 10.6 Å². The molecule has 0 radical (unpaired) electrons. The molecule has 2 N–H and O–H groups in total. The molecule has 0 saturated heterocycles. The van der Waals surface area contributed by atoms with Gasteiger partial charge in [-0.3, -0.25) is 9.59 Å². The standard InChI is InChI=1S/C14H10Cl2N2O2/c15-9-6-7-11(16)12(8-9)18-14(20)13(19)17-10-4-2-1-3-5-10/h1-8H,(H,17,19)(H,18,20). The molecule has 2 rings (SSSR count). The van der Waals surface area contributed by atoms with Gasteiger partial charge in [0.1, 0.15) is 0 Å². The van der Waals surface area contributed by atoms with Crippen LogP contribution in [0.5, 0.6) is 0 Å². The number of carbonyl (C=O) groups is 2. The largest absolute Gasteiger partial charge is 0.318 e. The van der Waals surface area contributed by atoms with E-state index in [1.807, 2.05) is 6.07 Å². The molecule has 0 unspecified atom stereocenters. The highest BCUT2D eigenvalue weighted by Gasteiger charge is 2.15. The van der Waals surface area contributed by atoms with Crippen molar-refractivity contribution in [3.05, 3.63) is 58.6 Å². The van der Waals surface area contributed by atoms with Gasteiger partial charge >= 0.3 is 11.8 Å². The van der Waals surface area contributed by atoms with Crippen LogP contribution in [-0.4, -0.2) is 11.8 Å². The lowest BCUT2D eigenvalue weighted by atomic mass is 10.3. The maximum absolute atomic E-state index is 11.8. The number of hydrogen-bond donors (Lipinski definition) is 2. The zero-order chi connectivity index (χ0) is 14.5. The molecule has 20 heavy (non-hydrogen) atoms. The van der Waals surface area contributed by atoms with Crippen LogP contribution < -0.4 is 10.6 Å². The number of para-hydroxylation sites is 1. The lowest BCUT2D eigenvalue weighted by Gasteiger charge is -2.08. The van der Waals surface area contributed by atoms with Gasteiger partial charge in [0.2, 0.25) is 0 Å². The second kappa shape index (κ2) is 6.41. The van der Waals surface area contributed by atoms with Gasteiger partial charge in [0.05, 0.1) is 10.7 Å². The predicted octanol–water partition coefficient (Wildman–Crippen LogP) is 3.57. The molecule has 0 saturated carbocycles. The second-order valence-corrected chi connectivity index (χ2v) is 4.74. The summed E-state index contributed by atoms with van der Waals surface area (Å²) in [7, 11) is 0. The lowest BCUT2D eigenvalue weighted by molar-refractivity contribution is -0.132. The van der Waals surface area contributed by atoms with E-state index >= 15 is 0 Å². The molecule has 4 nitrogen and oxygen atoms in total. The summed E-state index contributed by atoms with van der Waals surface area (Å²) < 4.78 is 0. The first-order valence-corrected chi connectivity index (χ1v) is 6.44. The molecule has 0 bridgehead atoms. The molecule has 2 aromatic rings. The number of anilines is 2. The van der Waals surface area contributed by atoms with Crippen molar-refractivity contribution in [3.8, 4) is 0 Å². The third-order valence-electron chi connectivity index (χ3n) is 2.41. The Hall–Kier alpha value is -2.04. The van der Waals surface area contributed by atoms with Crippen LogP contribution in [0.2, 0.25) is 10.0 Å². The smallest absolute Gasteiger partial charge is 0.314 e. The maximum Gasteiger partial charge on any atom is 0.314 e. The first-order chi connectivity index (χ1) is 9.56. The molecule has 2 amide bonds. The number of amides is 2. The molecule has 0 spiro atoms. The van der Waals surface area contributed by atoms with Gasteiger partial charge in [-0.2, -0.15) is 0 Å². The average Bonchev–Trinajstić information content (AvgIpc) is 2.44. The summed E-state index contributed by atoms with van der Waals surface area (Å²) in [5, 5.41) is 5.58. The van der Waals surface area contributed by atoms with E-state index in [1.165, 1.54) is 12.1 Å². The van der Waals surface area contributed by atoms with Crippen LogP contribution in [-0.2, 0) is 9.59 Å². The summed E-state index contributed by atoms with van der Waals surface area (Å²) >= 11 is 11.7. The van der Waals surface area contributed by atoms with Crippen LogP contribution in [0.1, 0.15) is 0 Å². The molecule has 2 aromatic carbocycles. The SMILES string of the molecule is O=C(Nc1ccccc1)C(=O)Nc1cc(Cl)ccc1Cl. The molecule has 0 aromatic heterocycles. The Kier molecular flexibility index (Phi) is 4.61. The quantitative estimate of drug-likeness (QED) is 0.833. The minimum atomic E-state index is -0.821. The molecular formula is C14H10Cl2N2O2. The van der Waals surface area contributed by atoms with Crippen molar-refractivity contribution in [3.63, 3.8) is 0 Å². The Morgan fingerprint density at radius 2 is 1.50 bits per heavy atom. The Labute approximate surface area is 125 Å². The second-order valence-electron chi connectivity index (χ2n) is 3.90. The van der Waals surface area contributed by atoms with E-state index in [1.54, 1.807) is 30.3 Å². The van der Waals surface area contributed by atoms with E-state index < -0.39 is 11.8 Å². The normalized spacial score (nSPS) is 9.90. The third kappa shape index (κ3) is 3.73. The molecule has 0 atom stereocenters. The fraction of sp³-hybridized carbons (Fsp3) is 0. The van der Waals surface area contributed by atoms with Crippen molar-refractivity contribution < 1.29 is 9.59 Å². The molecule has 6 heteroatoms. The Bertz CT molecular complexity index is 645. The van der Waals surface area contributed by atoms with E-state index in [4.69, 9.17) is 23.2 Å². The average molecular weight is 309 g/mol. The van der Waals surface area contributed by atoms with Gasteiger partial charge in [0.15, 0.2) is 0 Å². The van der Waals surface area contributed by atoms with Crippen LogP contribution in [0.3, 0.4) is 0 Å². The third-order valence-corrected chi connectivity index (χ3v) is 2.98. The van der Waals surface area contributed by atoms with Crippen molar-refractivity contribution in [1.82, 2.24) is 0 Å². The van der Waals surface area contributed by atoms with Crippen molar-refractivity contribution in [2.24, 2.45) is 0 Å². The summed E-state index contributed by atoms with van der Waals surface area (Å²) in [4.78, 5) is 23.5. The van der Waals surface area contributed by atoms with Crippen LogP contribution in [0, 0.1) is 0 Å². The molecule has 0 aliphatic rings. The summed E-state index contributed by atoms with van der Waals surface area (Å²) in [6.07, 6.45) is 0. The summed E-state index contributed by atoms with van der Waals surface area (Å²) in [6.45, 7) is 0. The van der Waals surface area contributed by atoms with Crippen molar-refractivity contribution in [2.45, 2.75) is 0 Å². The Morgan fingerprint density at radius 1 is 0.850 bits per heavy atom. The van der Waals surface area contributed by atoms with E-state index in [9.17, 15) is 9.59 Å². The minimum absolute atomic E-state index is 0.285. The highest BCUT2D eigenvalue weighted by molar-refractivity contribution is 6.45. The zero-order valence-electron chi connectivity index (χ0n) is 10.2. The van der Waals surface area contributed by atoms with Gasteiger partial charge in [-0.25, -0.2) is 0 Å². The number of benzene rings is 2. The summed E-state index contributed by atoms with van der Waals surface area (Å²) in [5.74, 6) is -1.61. The lowest BCUT2D eigenvalue weighted by Crippen LogP contribution is -2.29. The van der Waals surface area contributed by atoms with E-state index in [0.29, 0.717) is 15.7 Å². The first-order valence-electron chi connectivity index (χ1n) is 5.68. The van der Waals surface area contributed by atoms with Gasteiger partial charge in [0.25, 0.3) is 0 Å². The Balaban J connectivity index is 2.04. The summed E-state index contributed by atoms with van der Waals surface area (Å²) in [6, 6.07) is 13.3. The number of rotatable bonds is 2. The van der Waals surface area contributed by atoms with Crippen molar-refractivity contribution in [1.29, 1.82) is 0 Å². The van der Waals surface area contributed by atoms with Gasteiger partial charge in [0, 0.05) is 10.7 Å². The van der Waals surface area contributed by atoms with Crippen LogP contribution in [0.25, 0.3) is 0 Å². The Morgan fingerprint density at radius 3 is 2.20 bits per heavy atom. The van der Waals surface area contributed by atoms with Crippen LogP contribution in [0.4, 0.5) is 11.4 Å². The van der Waals surface area contributed by atoms with Crippen LogP contribution >= 0.6 is 23.2 Å². The highest BCUT2D eigenvalue weighted by atomic mass is 35.5. The molecule has 0 aliphatic heterocycles. The molecule has 0 aliphatic carbocycles. The van der Waals surface area contributed by atoms with Gasteiger partial charge in [-0.1, -0.05) is 41.4 Å². The molecule has 0 fully saturated rings. The van der Waals surface area contributed by atoms with E-state index in [-0.39, 0.29) is 5.69 Å². The van der Waals surface area contributed by atoms with Gasteiger partial charge in [-0.05, 0) is 30.3 Å². The number of hydrogen-bond acceptors (Lipinski definition) is 2. The number of halogens is 2. The van der Waals surface area contributed by atoms with Crippen LogP contribution in [0.15, 0.2) is 48.5 Å². The van der Waals surface area contributed by atoms with E-state index in [2.05, 4.69) is 10.6 Å². The first kappa shape index (κ1) is 14.4. The van der Waals surface area contributed by atoms with Gasteiger partial charge in [-0.15, -0.1) is 0 Å². The fourth-order valence-corrected chi connectivity index (χ4v) is 1.82.